The average Bonchev–Trinajstić information content (AvgIpc) is 3.07. The highest BCUT2D eigenvalue weighted by atomic mass is 35.5. The Morgan fingerprint density at radius 2 is 2.04 bits per heavy atom. The summed E-state index contributed by atoms with van der Waals surface area (Å²) in [5, 5.41) is 11.4. The van der Waals surface area contributed by atoms with Crippen LogP contribution in [0.5, 0.6) is 0 Å². The second-order valence-electron chi connectivity index (χ2n) is 6.81. The zero-order valence-electron chi connectivity index (χ0n) is 14.8. The molecular weight excluding hydrogens is 364 g/mol. The number of carboxylic acids is 1. The molecule has 1 aromatic carbocycles. The number of halogens is 1. The summed E-state index contributed by atoms with van der Waals surface area (Å²) >= 11 is 6.13. The number of benzene rings is 1. The van der Waals surface area contributed by atoms with Crippen LogP contribution in [0.1, 0.15) is 17.3 Å². The van der Waals surface area contributed by atoms with E-state index in [1.165, 1.54) is 0 Å². The van der Waals surface area contributed by atoms with Crippen LogP contribution in [0.2, 0.25) is 5.02 Å². The number of carbonyl (C=O) groups is 1. The molecule has 140 valence electrons. The highest BCUT2D eigenvalue weighted by Gasteiger charge is 2.32. The molecule has 1 aliphatic rings. The fourth-order valence-electron chi connectivity index (χ4n) is 3.73. The molecule has 0 spiro atoms. The Balaban J connectivity index is 1.50. The van der Waals surface area contributed by atoms with Gasteiger partial charge in [-0.3, -0.25) is 19.6 Å². The maximum atomic E-state index is 12.1. The standard InChI is InChI=1S/C20H21ClN4O2/c21-14-4-5-18-16(11-14)17(12-23-18)19(20(26)27)25-9-7-24(8-10-25)13-15-3-1-2-6-22-15/h1-6,11-12,19,23H,7-10,13H2,(H,26,27)/t19-/m1/s1. The first-order valence-corrected chi connectivity index (χ1v) is 9.35. The van der Waals surface area contributed by atoms with E-state index in [9.17, 15) is 9.90 Å². The highest BCUT2D eigenvalue weighted by Crippen LogP contribution is 2.31. The predicted molar refractivity (Wildman–Crippen MR) is 105 cm³/mol. The smallest absolute Gasteiger partial charge is 0.325 e. The normalized spacial score (nSPS) is 17.2. The van der Waals surface area contributed by atoms with Crippen molar-refractivity contribution in [2.45, 2.75) is 12.6 Å². The predicted octanol–water partition coefficient (Wildman–Crippen LogP) is 3.16. The fourth-order valence-corrected chi connectivity index (χ4v) is 3.90. The summed E-state index contributed by atoms with van der Waals surface area (Å²) in [5.41, 5.74) is 2.69. The van der Waals surface area contributed by atoms with Crippen LogP contribution in [0.15, 0.2) is 48.8 Å². The van der Waals surface area contributed by atoms with E-state index < -0.39 is 12.0 Å². The Bertz CT molecular complexity index is 936. The molecule has 3 heterocycles. The van der Waals surface area contributed by atoms with Crippen LogP contribution in [0.4, 0.5) is 0 Å². The molecule has 0 bridgehead atoms. The van der Waals surface area contributed by atoms with Gasteiger partial charge in [0.15, 0.2) is 0 Å². The summed E-state index contributed by atoms with van der Waals surface area (Å²) in [4.78, 5) is 24.0. The number of carboxylic acid groups (broad SMARTS) is 1. The maximum absolute atomic E-state index is 12.1. The first-order valence-electron chi connectivity index (χ1n) is 8.97. The minimum atomic E-state index is -0.839. The first-order chi connectivity index (χ1) is 13.1. The number of fused-ring (bicyclic) bond motifs is 1. The quantitative estimate of drug-likeness (QED) is 0.707. The van der Waals surface area contributed by atoms with Crippen molar-refractivity contribution in [1.82, 2.24) is 19.8 Å². The lowest BCUT2D eigenvalue weighted by atomic mass is 10.0. The molecule has 0 unspecified atom stereocenters. The fraction of sp³-hybridized carbons (Fsp3) is 0.300. The molecule has 1 fully saturated rings. The van der Waals surface area contributed by atoms with E-state index >= 15 is 0 Å². The summed E-state index contributed by atoms with van der Waals surface area (Å²) in [6, 6.07) is 10.7. The van der Waals surface area contributed by atoms with Gasteiger partial charge < -0.3 is 10.1 Å². The molecule has 1 saturated heterocycles. The van der Waals surface area contributed by atoms with E-state index in [1.54, 1.807) is 18.5 Å². The summed E-state index contributed by atoms with van der Waals surface area (Å²) in [6.07, 6.45) is 3.59. The second-order valence-corrected chi connectivity index (χ2v) is 7.24. The van der Waals surface area contributed by atoms with Crippen molar-refractivity contribution < 1.29 is 9.90 Å². The van der Waals surface area contributed by atoms with Crippen LogP contribution in [0, 0.1) is 0 Å². The van der Waals surface area contributed by atoms with Gasteiger partial charge in [0.05, 0.1) is 5.69 Å². The minimum absolute atomic E-state index is 0.604. The van der Waals surface area contributed by atoms with E-state index in [2.05, 4.69) is 14.9 Å². The third-order valence-corrected chi connectivity index (χ3v) is 5.32. The lowest BCUT2D eigenvalue weighted by molar-refractivity contribution is -0.144. The lowest BCUT2D eigenvalue weighted by Crippen LogP contribution is -2.48. The molecule has 27 heavy (non-hydrogen) atoms. The van der Waals surface area contributed by atoms with Crippen molar-refractivity contribution >= 4 is 28.5 Å². The number of hydrogen-bond acceptors (Lipinski definition) is 4. The number of nitrogens with zero attached hydrogens (tertiary/aromatic N) is 3. The topological polar surface area (TPSA) is 72.5 Å². The molecule has 1 aliphatic heterocycles. The number of aromatic nitrogens is 2. The van der Waals surface area contributed by atoms with E-state index in [0.717, 1.165) is 41.8 Å². The molecule has 1 atom stereocenters. The average molecular weight is 385 g/mol. The molecule has 0 radical (unpaired) electrons. The van der Waals surface area contributed by atoms with Gasteiger partial charge in [-0.05, 0) is 30.3 Å². The molecular formula is C20H21ClN4O2. The van der Waals surface area contributed by atoms with Crippen molar-refractivity contribution in [3.8, 4) is 0 Å². The van der Waals surface area contributed by atoms with E-state index in [-0.39, 0.29) is 0 Å². The Hall–Kier alpha value is -2.41. The van der Waals surface area contributed by atoms with Crippen LogP contribution in [-0.4, -0.2) is 57.0 Å². The van der Waals surface area contributed by atoms with Crippen molar-refractivity contribution in [3.63, 3.8) is 0 Å². The van der Waals surface area contributed by atoms with Crippen molar-refractivity contribution in [2.24, 2.45) is 0 Å². The van der Waals surface area contributed by atoms with E-state index in [4.69, 9.17) is 11.6 Å². The number of pyridine rings is 1. The monoisotopic (exact) mass is 384 g/mol. The van der Waals surface area contributed by atoms with Crippen LogP contribution >= 0.6 is 11.6 Å². The van der Waals surface area contributed by atoms with Gasteiger partial charge in [-0.2, -0.15) is 0 Å². The SMILES string of the molecule is O=C(O)[C@@H](c1c[nH]c2ccc(Cl)cc12)N1CCN(Cc2ccccn2)CC1. The van der Waals surface area contributed by atoms with Gasteiger partial charge in [-0.1, -0.05) is 17.7 Å². The lowest BCUT2D eigenvalue weighted by Gasteiger charge is -2.37. The summed E-state index contributed by atoms with van der Waals surface area (Å²) < 4.78 is 0. The molecule has 0 amide bonds. The molecule has 2 aromatic heterocycles. The maximum Gasteiger partial charge on any atom is 0.325 e. The number of aromatic amines is 1. The largest absolute Gasteiger partial charge is 0.480 e. The molecule has 4 rings (SSSR count). The molecule has 0 saturated carbocycles. The number of piperazine rings is 1. The summed E-state index contributed by atoms with van der Waals surface area (Å²) in [6.45, 7) is 3.79. The third-order valence-electron chi connectivity index (χ3n) is 5.09. The Kier molecular flexibility index (Phi) is 5.11. The Morgan fingerprint density at radius 1 is 1.22 bits per heavy atom. The molecule has 3 aromatic rings. The minimum Gasteiger partial charge on any atom is -0.480 e. The van der Waals surface area contributed by atoms with Gasteiger partial charge in [0.25, 0.3) is 0 Å². The number of hydrogen-bond donors (Lipinski definition) is 2. The highest BCUT2D eigenvalue weighted by molar-refractivity contribution is 6.31. The van der Waals surface area contributed by atoms with Crippen molar-refractivity contribution in [3.05, 3.63) is 65.1 Å². The third kappa shape index (κ3) is 3.83. The van der Waals surface area contributed by atoms with Crippen LogP contribution < -0.4 is 0 Å². The zero-order valence-corrected chi connectivity index (χ0v) is 15.6. The van der Waals surface area contributed by atoms with E-state index in [1.807, 2.05) is 35.2 Å². The van der Waals surface area contributed by atoms with Crippen molar-refractivity contribution in [2.75, 3.05) is 26.2 Å². The molecule has 7 heteroatoms. The van der Waals surface area contributed by atoms with Gasteiger partial charge >= 0.3 is 5.97 Å². The van der Waals surface area contributed by atoms with Crippen molar-refractivity contribution in [1.29, 1.82) is 0 Å². The van der Waals surface area contributed by atoms with E-state index in [0.29, 0.717) is 18.1 Å². The van der Waals surface area contributed by atoms with Gasteiger partial charge in [-0.25, -0.2) is 0 Å². The van der Waals surface area contributed by atoms with Gasteiger partial charge in [0, 0.05) is 66.6 Å². The summed E-state index contributed by atoms with van der Waals surface area (Å²) in [7, 11) is 0. The molecule has 6 nitrogen and oxygen atoms in total. The number of H-pyrrole nitrogens is 1. The zero-order chi connectivity index (χ0) is 18.8. The van der Waals surface area contributed by atoms with Gasteiger partial charge in [-0.15, -0.1) is 0 Å². The Morgan fingerprint density at radius 3 is 2.74 bits per heavy atom. The first kappa shape index (κ1) is 18.0. The van der Waals surface area contributed by atoms with Gasteiger partial charge in [0.2, 0.25) is 0 Å². The van der Waals surface area contributed by atoms with Crippen LogP contribution in [-0.2, 0) is 11.3 Å². The second kappa shape index (κ2) is 7.68. The van der Waals surface area contributed by atoms with Crippen LogP contribution in [0.25, 0.3) is 10.9 Å². The Labute approximate surface area is 162 Å². The van der Waals surface area contributed by atoms with Gasteiger partial charge in [0.1, 0.15) is 6.04 Å². The molecule has 2 N–H and O–H groups in total. The summed E-state index contributed by atoms with van der Waals surface area (Å²) in [5.74, 6) is -0.839. The number of nitrogens with one attached hydrogen (secondary N) is 1. The number of aliphatic carboxylic acids is 1. The number of rotatable bonds is 5. The van der Waals surface area contributed by atoms with Crippen LogP contribution in [0.3, 0.4) is 0 Å². The molecule has 0 aliphatic carbocycles.